The second-order valence-corrected chi connectivity index (χ2v) is 11.5. The van der Waals surface area contributed by atoms with E-state index in [9.17, 15) is 19.4 Å². The molecule has 0 spiro atoms. The molecule has 32 heavy (non-hydrogen) atoms. The van der Waals surface area contributed by atoms with Crippen molar-refractivity contribution in [2.24, 2.45) is 0 Å². The minimum absolute atomic E-state index is 0.203. The number of aldehydes is 1. The fourth-order valence-corrected chi connectivity index (χ4v) is 6.02. The lowest BCUT2D eigenvalue weighted by Crippen LogP contribution is -2.22. The van der Waals surface area contributed by atoms with Crippen LogP contribution in [0.3, 0.4) is 0 Å². The Bertz CT molecular complexity index is 628. The summed E-state index contributed by atoms with van der Waals surface area (Å²) >= 11 is 2.00. The summed E-state index contributed by atoms with van der Waals surface area (Å²) in [7, 11) is -3.84. The van der Waals surface area contributed by atoms with Gasteiger partial charge in [-0.2, -0.15) is 11.8 Å². The zero-order chi connectivity index (χ0) is 23.5. The smallest absolute Gasteiger partial charge is 0.324 e. The van der Waals surface area contributed by atoms with Crippen LogP contribution >= 0.6 is 19.4 Å². The van der Waals surface area contributed by atoms with E-state index in [1.807, 2.05) is 49.0 Å². The molecule has 1 N–H and O–H groups in total. The van der Waals surface area contributed by atoms with Crippen molar-refractivity contribution in [3.63, 3.8) is 0 Å². The molecule has 183 valence electrons. The summed E-state index contributed by atoms with van der Waals surface area (Å²) in [4.78, 5) is 20.3. The molecular weight excluding hydrogens is 443 g/mol. The number of benzene rings is 1. The standard InChI is InChI=1S/C25H42O5PS/c1-2-19-30-31(28,29)22-25(27)24(23-15-9-8-10-16-23)17-11-4-3-6-13-20-32-21-14-7-5-12-18-26/h8-10,15-16,18,24-25H,2-7,11-14,17,19-22H2,1H3,(H,28,29). The highest BCUT2D eigenvalue weighted by Gasteiger charge is 2.31. The topological polar surface area (TPSA) is 83.5 Å². The van der Waals surface area contributed by atoms with Gasteiger partial charge < -0.3 is 14.2 Å². The van der Waals surface area contributed by atoms with E-state index >= 15 is 0 Å². The highest BCUT2D eigenvalue weighted by molar-refractivity contribution is 7.99. The highest BCUT2D eigenvalue weighted by atomic mass is 32.2. The number of thioether (sulfide) groups is 1. The Hall–Kier alpha value is -0.650. The third-order valence-electron chi connectivity index (χ3n) is 5.50. The fraction of sp³-hybridized carbons (Fsp3) is 0.720. The Morgan fingerprint density at radius 2 is 1.62 bits per heavy atom. The van der Waals surface area contributed by atoms with Crippen molar-refractivity contribution in [2.45, 2.75) is 89.6 Å². The first-order chi connectivity index (χ1) is 15.5. The first-order valence-corrected chi connectivity index (χ1v) is 15.1. The van der Waals surface area contributed by atoms with Gasteiger partial charge >= 0.3 is 7.60 Å². The number of hydrogen-bond acceptors (Lipinski definition) is 4. The molecule has 0 aliphatic rings. The van der Waals surface area contributed by atoms with Gasteiger partial charge in [-0.15, -0.1) is 0 Å². The van der Waals surface area contributed by atoms with Crippen LogP contribution in [0.1, 0.15) is 89.0 Å². The Morgan fingerprint density at radius 3 is 2.28 bits per heavy atom. The molecule has 1 aromatic carbocycles. The summed E-state index contributed by atoms with van der Waals surface area (Å²) in [5.74, 6) is 2.10. The molecule has 1 rings (SSSR count). The van der Waals surface area contributed by atoms with Crippen molar-refractivity contribution in [1.29, 1.82) is 0 Å². The second-order valence-electron chi connectivity index (χ2n) is 8.39. The lowest BCUT2D eigenvalue weighted by Gasteiger charge is -2.23. The van der Waals surface area contributed by atoms with Crippen molar-refractivity contribution in [3.05, 3.63) is 35.9 Å². The molecule has 0 aliphatic carbocycles. The fourth-order valence-electron chi connectivity index (χ4n) is 3.72. The van der Waals surface area contributed by atoms with Gasteiger partial charge in [-0.05, 0) is 49.2 Å². The van der Waals surface area contributed by atoms with Crippen LogP contribution in [-0.2, 0) is 19.0 Å². The van der Waals surface area contributed by atoms with Crippen molar-refractivity contribution >= 4 is 25.6 Å². The highest BCUT2D eigenvalue weighted by Crippen LogP contribution is 2.45. The largest absolute Gasteiger partial charge is 0.330 e. The van der Waals surface area contributed by atoms with Gasteiger partial charge in [-0.3, -0.25) is 4.57 Å². The van der Waals surface area contributed by atoms with Crippen LogP contribution < -0.4 is 0 Å². The second kappa shape index (κ2) is 18.7. The van der Waals surface area contributed by atoms with E-state index in [2.05, 4.69) is 0 Å². The van der Waals surface area contributed by atoms with Gasteiger partial charge in [0.2, 0.25) is 0 Å². The molecule has 1 radical (unpaired) electrons. The molecule has 0 saturated carbocycles. The zero-order valence-corrected chi connectivity index (χ0v) is 21.4. The van der Waals surface area contributed by atoms with E-state index in [1.54, 1.807) is 0 Å². The van der Waals surface area contributed by atoms with Gasteiger partial charge in [-0.25, -0.2) is 5.11 Å². The molecule has 3 atom stereocenters. The van der Waals surface area contributed by atoms with E-state index in [4.69, 9.17) is 4.52 Å². The quantitative estimate of drug-likeness (QED) is 0.115. The van der Waals surface area contributed by atoms with Crippen LogP contribution in [0.5, 0.6) is 0 Å². The minimum Gasteiger partial charge on any atom is -0.324 e. The van der Waals surface area contributed by atoms with Crippen molar-refractivity contribution in [1.82, 2.24) is 0 Å². The van der Waals surface area contributed by atoms with E-state index in [0.29, 0.717) is 12.8 Å². The van der Waals surface area contributed by atoms with Gasteiger partial charge in [0.15, 0.2) is 0 Å². The van der Waals surface area contributed by atoms with Crippen LogP contribution in [0.4, 0.5) is 0 Å². The Morgan fingerprint density at radius 1 is 1.00 bits per heavy atom. The first kappa shape index (κ1) is 29.4. The molecule has 0 aromatic heterocycles. The lowest BCUT2D eigenvalue weighted by atomic mass is 9.89. The van der Waals surface area contributed by atoms with E-state index in [-0.39, 0.29) is 18.7 Å². The van der Waals surface area contributed by atoms with Gasteiger partial charge in [-0.1, -0.05) is 69.4 Å². The van der Waals surface area contributed by atoms with Gasteiger partial charge in [0.25, 0.3) is 0 Å². The average Bonchev–Trinajstić information content (AvgIpc) is 2.78. The molecule has 0 heterocycles. The normalized spacial score (nSPS) is 15.2. The van der Waals surface area contributed by atoms with Crippen LogP contribution in [0.2, 0.25) is 0 Å². The zero-order valence-electron chi connectivity index (χ0n) is 19.7. The average molecular weight is 486 g/mol. The summed E-state index contributed by atoms with van der Waals surface area (Å²) in [5, 5.41) is 12.9. The first-order valence-electron chi connectivity index (χ1n) is 12.2. The summed E-state index contributed by atoms with van der Waals surface area (Å²) in [6, 6.07) is 9.65. The minimum atomic E-state index is -3.84. The monoisotopic (exact) mass is 485 g/mol. The number of rotatable bonds is 21. The van der Waals surface area contributed by atoms with Gasteiger partial charge in [0.1, 0.15) is 12.4 Å². The maximum atomic E-state index is 12.9. The van der Waals surface area contributed by atoms with E-state index < -0.39 is 13.7 Å². The summed E-state index contributed by atoms with van der Waals surface area (Å²) < 4.78 is 17.3. The van der Waals surface area contributed by atoms with Crippen LogP contribution in [0, 0.1) is 0 Å². The van der Waals surface area contributed by atoms with Crippen LogP contribution in [-0.4, -0.2) is 41.6 Å². The van der Waals surface area contributed by atoms with Crippen molar-refractivity contribution in [3.8, 4) is 0 Å². The Balaban J connectivity index is 2.29. The molecular formula is C25H42O5PS. The molecule has 0 amide bonds. The third-order valence-corrected chi connectivity index (χ3v) is 8.06. The predicted octanol–water partition coefficient (Wildman–Crippen LogP) is 7.01. The SMILES string of the molecule is CCCOP(=O)(O)CC([O])C(CCCCCCCSCCCCCC=O)c1ccccc1. The molecule has 1 aromatic rings. The molecule has 0 saturated heterocycles. The predicted molar refractivity (Wildman–Crippen MR) is 134 cm³/mol. The molecule has 7 heteroatoms. The number of carbonyl (C=O) groups excluding carboxylic acids is 1. The van der Waals surface area contributed by atoms with Crippen LogP contribution in [0.25, 0.3) is 0 Å². The summed E-state index contributed by atoms with van der Waals surface area (Å²) in [6.45, 7) is 2.08. The van der Waals surface area contributed by atoms with Gasteiger partial charge in [0.05, 0.1) is 12.8 Å². The van der Waals surface area contributed by atoms with E-state index in [1.165, 1.54) is 30.8 Å². The number of unbranched alkanes of at least 4 members (excludes halogenated alkanes) is 7. The molecule has 0 fully saturated rings. The van der Waals surface area contributed by atoms with Crippen molar-refractivity contribution < 1.29 is 23.9 Å². The summed E-state index contributed by atoms with van der Waals surface area (Å²) in [5.41, 5.74) is 0.951. The maximum absolute atomic E-state index is 12.9. The Labute approximate surface area is 199 Å². The number of carbonyl (C=O) groups is 1. The molecule has 0 aliphatic heterocycles. The molecule has 5 nitrogen and oxygen atoms in total. The number of hydrogen-bond donors (Lipinski definition) is 1. The van der Waals surface area contributed by atoms with E-state index in [0.717, 1.165) is 50.4 Å². The molecule has 3 unspecified atom stereocenters. The third kappa shape index (κ3) is 14.5. The van der Waals surface area contributed by atoms with Crippen LogP contribution in [0.15, 0.2) is 30.3 Å². The summed E-state index contributed by atoms with van der Waals surface area (Å²) in [6.07, 6.45) is 10.6. The van der Waals surface area contributed by atoms with Gasteiger partial charge in [0, 0.05) is 12.3 Å². The molecule has 0 bridgehead atoms. The maximum Gasteiger partial charge on any atom is 0.330 e. The Kier molecular flexibility index (Phi) is 17.2. The van der Waals surface area contributed by atoms with Crippen molar-refractivity contribution in [2.75, 3.05) is 24.3 Å². The lowest BCUT2D eigenvalue weighted by molar-refractivity contribution is -0.107.